The summed E-state index contributed by atoms with van der Waals surface area (Å²) in [7, 11) is -1.20. The Morgan fingerprint density at radius 1 is 0.800 bits per heavy atom. The van der Waals surface area contributed by atoms with Gasteiger partial charge in [0.25, 0.3) is 0 Å². The molecule has 25 heavy (non-hydrogen) atoms. The van der Waals surface area contributed by atoms with Gasteiger partial charge in [-0.15, -0.1) is 0 Å². The van der Waals surface area contributed by atoms with E-state index in [9.17, 15) is 28.8 Å². The van der Waals surface area contributed by atoms with E-state index in [0.717, 1.165) is 0 Å². The van der Waals surface area contributed by atoms with E-state index in [1.165, 1.54) is 0 Å². The summed E-state index contributed by atoms with van der Waals surface area (Å²) >= 11 is 0. The molecule has 0 bridgehead atoms. The maximum Gasteiger partial charge on any atom is 0.353 e. The first-order valence-corrected chi connectivity index (χ1v) is 9.52. The van der Waals surface area contributed by atoms with Crippen LogP contribution >= 0.6 is 25.1 Å². The Labute approximate surface area is 145 Å². The predicted octanol–water partition coefficient (Wildman–Crippen LogP) is 0.0431. The van der Waals surface area contributed by atoms with Crippen LogP contribution in [0.25, 0.3) is 0 Å². The zero-order valence-corrected chi connectivity index (χ0v) is 15.2. The summed E-state index contributed by atoms with van der Waals surface area (Å²) in [5.41, 5.74) is -5.92. The summed E-state index contributed by atoms with van der Waals surface area (Å²) in [5, 5.41) is 0. The van der Waals surface area contributed by atoms with Crippen LogP contribution < -0.4 is 4.52 Å². The molecule has 10 nitrogen and oxygen atoms in total. The number of aldehydes is 6. The molecule has 1 aromatic rings. The van der Waals surface area contributed by atoms with Gasteiger partial charge in [-0.3, -0.25) is 0 Å². The second-order valence-electron chi connectivity index (χ2n) is 5.70. The van der Waals surface area contributed by atoms with Crippen molar-refractivity contribution in [3.63, 3.8) is 0 Å². The minimum absolute atomic E-state index is 0.201. The lowest BCUT2D eigenvalue weighted by molar-refractivity contribution is -0.161. The lowest BCUT2D eigenvalue weighted by atomic mass is 9.53. The lowest BCUT2D eigenvalue weighted by Crippen LogP contribution is -2.62. The SMILES string of the molecule is O=CC1(C=O)CC(C=O)(C=O)C(O[p+]2npnpn2)C(C=O)(C=O)C1. The third-order valence-corrected chi connectivity index (χ3v) is 7.01. The van der Waals surface area contributed by atoms with Crippen molar-refractivity contribution in [2.75, 3.05) is 0 Å². The molecule has 1 fully saturated rings. The highest BCUT2D eigenvalue weighted by Gasteiger charge is 2.64. The van der Waals surface area contributed by atoms with Crippen LogP contribution in [0.1, 0.15) is 12.8 Å². The van der Waals surface area contributed by atoms with Gasteiger partial charge in [-0.05, 0) is 26.4 Å². The van der Waals surface area contributed by atoms with Crippen LogP contribution in [0.2, 0.25) is 0 Å². The molecule has 0 unspecified atom stereocenters. The Bertz CT molecular complexity index is 661. The first-order chi connectivity index (χ1) is 12.0. The zero-order valence-electron chi connectivity index (χ0n) is 12.5. The molecule has 0 aromatic carbocycles. The fraction of sp³-hybridized carbons (Fsp3) is 0.500. The van der Waals surface area contributed by atoms with Gasteiger partial charge >= 0.3 is 25.1 Å². The summed E-state index contributed by atoms with van der Waals surface area (Å²) < 4.78 is 17.3. The van der Waals surface area contributed by atoms with Gasteiger partial charge in [0.1, 0.15) is 54.7 Å². The largest absolute Gasteiger partial charge is 0.353 e. The van der Waals surface area contributed by atoms with Gasteiger partial charge in [0, 0.05) is 0 Å². The summed E-state index contributed by atoms with van der Waals surface area (Å²) in [5.74, 6) is 0. The van der Waals surface area contributed by atoms with Gasteiger partial charge in [-0.1, -0.05) is 0 Å². The molecule has 0 spiro atoms. The number of aromatic nitrogens is 3. The van der Waals surface area contributed by atoms with Crippen molar-refractivity contribution in [2.45, 2.75) is 18.9 Å². The van der Waals surface area contributed by atoms with Crippen molar-refractivity contribution in [3.8, 4) is 0 Å². The molecule has 2 rings (SSSR count). The molecule has 0 saturated heterocycles. The normalized spacial score (nSPS) is 22.2. The van der Waals surface area contributed by atoms with E-state index in [0.29, 0.717) is 17.0 Å². The Hall–Kier alpha value is -1.72. The first kappa shape index (κ1) is 19.6. The zero-order chi connectivity index (χ0) is 18.6. The van der Waals surface area contributed by atoms with Crippen molar-refractivity contribution in [1.29, 1.82) is 0 Å². The molecule has 1 aliphatic rings. The van der Waals surface area contributed by atoms with E-state index in [-0.39, 0.29) is 37.7 Å². The first-order valence-electron chi connectivity index (χ1n) is 6.76. The van der Waals surface area contributed by atoms with Gasteiger partial charge in [0.2, 0.25) is 0 Å². The van der Waals surface area contributed by atoms with Crippen molar-refractivity contribution in [2.24, 2.45) is 16.2 Å². The van der Waals surface area contributed by atoms with Crippen molar-refractivity contribution in [1.82, 2.24) is 13.5 Å². The Morgan fingerprint density at radius 2 is 1.24 bits per heavy atom. The summed E-state index contributed by atoms with van der Waals surface area (Å²) in [6.07, 6.45) is -1.24. The highest BCUT2D eigenvalue weighted by Crippen LogP contribution is 2.52. The highest BCUT2D eigenvalue weighted by atomic mass is 31.2. The fourth-order valence-corrected chi connectivity index (χ4v) is 6.03. The van der Waals surface area contributed by atoms with Crippen LogP contribution in [0.3, 0.4) is 0 Å². The molecule has 1 saturated carbocycles. The third-order valence-electron chi connectivity index (χ3n) is 4.11. The van der Waals surface area contributed by atoms with E-state index in [4.69, 9.17) is 4.52 Å². The van der Waals surface area contributed by atoms with Crippen LogP contribution in [0.4, 0.5) is 0 Å². The summed E-state index contributed by atoms with van der Waals surface area (Å²) in [4.78, 5) is 69.9. The molecule has 0 N–H and O–H groups in total. The second-order valence-corrected chi connectivity index (χ2v) is 8.92. The maximum absolute atomic E-state index is 11.8. The van der Waals surface area contributed by atoms with Gasteiger partial charge in [0.05, 0.1) is 5.41 Å². The molecule has 130 valence electrons. The number of hydrogen-bond donors (Lipinski definition) is 0. The molecule has 0 atom stereocenters. The molecule has 0 radical (unpaired) electrons. The van der Waals surface area contributed by atoms with Gasteiger partial charge in [-0.2, -0.15) is 0 Å². The standard InChI is InChI=1S/C12H11N3O7P3/c16-3-10(4-17)1-11(5-18,6-19)9(12(2-10,7-20)8-21)22-25-14-23-13-24-15-25/h3-9H,1-2H2/q+1. The maximum atomic E-state index is 11.8. The molecular weight excluding hydrogens is 391 g/mol. The molecule has 13 heteroatoms. The Balaban J connectivity index is 2.65. The molecule has 0 amide bonds. The van der Waals surface area contributed by atoms with Crippen LogP contribution in [0, 0.1) is 16.2 Å². The number of carbonyl (C=O) groups is 6. The highest BCUT2D eigenvalue weighted by molar-refractivity contribution is 7.50. The Kier molecular flexibility index (Phi) is 6.01. The van der Waals surface area contributed by atoms with Crippen LogP contribution in [-0.4, -0.2) is 57.3 Å². The van der Waals surface area contributed by atoms with E-state index in [1.807, 2.05) is 0 Å². The average molecular weight is 402 g/mol. The minimum atomic E-state index is -2.04. The monoisotopic (exact) mass is 402 g/mol. The van der Waals surface area contributed by atoms with Crippen molar-refractivity contribution >= 4 is 62.8 Å². The van der Waals surface area contributed by atoms with E-state index in [1.54, 1.807) is 0 Å². The van der Waals surface area contributed by atoms with Gasteiger partial charge in [0.15, 0.2) is 0 Å². The lowest BCUT2D eigenvalue weighted by Gasteiger charge is -2.47. The number of carbonyl (C=O) groups excluding carboxylic acids is 6. The summed E-state index contributed by atoms with van der Waals surface area (Å²) in [6, 6.07) is 0. The van der Waals surface area contributed by atoms with Crippen molar-refractivity contribution < 1.29 is 33.3 Å². The molecule has 1 aromatic heterocycles. The van der Waals surface area contributed by atoms with E-state index < -0.39 is 43.3 Å². The van der Waals surface area contributed by atoms with Crippen LogP contribution in [-0.2, 0) is 28.8 Å². The molecule has 1 aliphatic carbocycles. The Morgan fingerprint density at radius 3 is 1.60 bits per heavy atom. The predicted molar refractivity (Wildman–Crippen MR) is 85.3 cm³/mol. The smallest absolute Gasteiger partial charge is 0.302 e. The minimum Gasteiger partial charge on any atom is -0.302 e. The number of nitrogens with zero attached hydrogens (tertiary/aromatic N) is 3. The van der Waals surface area contributed by atoms with Crippen LogP contribution in [0.5, 0.6) is 0 Å². The second kappa shape index (κ2) is 7.67. The van der Waals surface area contributed by atoms with E-state index >= 15 is 0 Å². The molecule has 0 aliphatic heterocycles. The van der Waals surface area contributed by atoms with E-state index in [2.05, 4.69) is 13.5 Å². The average Bonchev–Trinajstić information content (AvgIpc) is 2.69. The number of hydrogen-bond acceptors (Lipinski definition) is 10. The van der Waals surface area contributed by atoms with Crippen molar-refractivity contribution in [3.05, 3.63) is 0 Å². The quantitative estimate of drug-likeness (QED) is 0.431. The van der Waals surface area contributed by atoms with Gasteiger partial charge < -0.3 is 28.8 Å². The van der Waals surface area contributed by atoms with Crippen LogP contribution in [0.15, 0.2) is 0 Å². The molecular formula is C12H11N3O7P3+. The molecule has 1 heterocycles. The fourth-order valence-electron chi connectivity index (χ4n) is 3.02. The number of rotatable bonds is 8. The van der Waals surface area contributed by atoms with Gasteiger partial charge in [-0.25, -0.2) is 4.52 Å². The topological polar surface area (TPSA) is 150 Å². The summed E-state index contributed by atoms with van der Waals surface area (Å²) in [6.45, 7) is 0. The third kappa shape index (κ3) is 3.35.